The lowest BCUT2D eigenvalue weighted by molar-refractivity contribution is 0.922. The Hall–Kier alpha value is -1.09. The average Bonchev–Trinajstić information content (AvgIpc) is 2.21. The Morgan fingerprint density at radius 3 is 2.43 bits per heavy atom. The zero-order valence-electron chi connectivity index (χ0n) is 8.63. The van der Waals surface area contributed by atoms with Crippen LogP contribution in [-0.2, 0) is 6.42 Å². The predicted octanol–water partition coefficient (Wildman–Crippen LogP) is 2.56. The Bertz CT molecular complexity index is 293. The molecule has 0 saturated heterocycles. The minimum atomic E-state index is 0.647. The second kappa shape index (κ2) is 5.60. The minimum Gasteiger partial charge on any atom is -0.366 e. The molecule has 1 aromatic rings. The van der Waals surface area contributed by atoms with Crippen LogP contribution in [0.1, 0.15) is 18.9 Å². The van der Waals surface area contributed by atoms with E-state index in [0.717, 1.165) is 12.1 Å². The highest BCUT2D eigenvalue weighted by Gasteiger charge is 1.95. The number of aryl methyl sites for hydroxylation is 1. The highest BCUT2D eigenvalue weighted by atomic mass is 32.1. The highest BCUT2D eigenvalue weighted by molar-refractivity contribution is 7.80. The monoisotopic (exact) mass is 208 g/mol. The summed E-state index contributed by atoms with van der Waals surface area (Å²) in [5.74, 6) is 0. The third-order valence-electron chi connectivity index (χ3n) is 1.98. The number of benzene rings is 1. The molecule has 2 N–H and O–H groups in total. The number of hydrogen-bond donors (Lipinski definition) is 2. The van der Waals surface area contributed by atoms with Crippen LogP contribution in [0.2, 0.25) is 0 Å². The van der Waals surface area contributed by atoms with Gasteiger partial charge in [0.25, 0.3) is 0 Å². The third kappa shape index (κ3) is 3.34. The number of rotatable bonds is 3. The second-order valence-corrected chi connectivity index (χ2v) is 3.56. The molecule has 3 heteroatoms. The van der Waals surface area contributed by atoms with Gasteiger partial charge in [-0.2, -0.15) is 0 Å². The van der Waals surface area contributed by atoms with E-state index >= 15 is 0 Å². The van der Waals surface area contributed by atoms with E-state index in [2.05, 4.69) is 41.8 Å². The Kier molecular flexibility index (Phi) is 4.40. The summed E-state index contributed by atoms with van der Waals surface area (Å²) in [5, 5.41) is 6.60. The van der Waals surface area contributed by atoms with Crippen molar-refractivity contribution in [2.24, 2.45) is 0 Å². The van der Waals surface area contributed by atoms with Crippen molar-refractivity contribution in [1.82, 2.24) is 5.32 Å². The van der Waals surface area contributed by atoms with Crippen LogP contribution < -0.4 is 10.6 Å². The quantitative estimate of drug-likeness (QED) is 0.747. The Labute approximate surface area is 90.7 Å². The first-order valence-corrected chi connectivity index (χ1v) is 5.24. The van der Waals surface area contributed by atoms with Gasteiger partial charge in [-0.3, -0.25) is 0 Å². The van der Waals surface area contributed by atoms with Gasteiger partial charge in [-0.1, -0.05) is 25.5 Å². The predicted molar refractivity (Wildman–Crippen MR) is 65.7 cm³/mol. The van der Waals surface area contributed by atoms with E-state index < -0.39 is 0 Å². The van der Waals surface area contributed by atoms with Gasteiger partial charge in [0.05, 0.1) is 0 Å². The van der Waals surface area contributed by atoms with Crippen LogP contribution in [0.4, 0.5) is 5.69 Å². The molecule has 14 heavy (non-hydrogen) atoms. The second-order valence-electron chi connectivity index (χ2n) is 3.15. The van der Waals surface area contributed by atoms with Gasteiger partial charge in [0.2, 0.25) is 0 Å². The summed E-state index contributed by atoms with van der Waals surface area (Å²) in [6, 6.07) is 8.36. The average molecular weight is 208 g/mol. The molecule has 1 rings (SSSR count). The molecule has 0 spiro atoms. The number of anilines is 1. The zero-order chi connectivity index (χ0) is 10.4. The van der Waals surface area contributed by atoms with Crippen molar-refractivity contribution >= 4 is 23.0 Å². The van der Waals surface area contributed by atoms with Gasteiger partial charge in [-0.25, -0.2) is 0 Å². The van der Waals surface area contributed by atoms with Crippen molar-refractivity contribution < 1.29 is 0 Å². The lowest BCUT2D eigenvalue weighted by Crippen LogP contribution is -2.23. The first kappa shape index (κ1) is 11.0. The van der Waals surface area contributed by atoms with Gasteiger partial charge in [0.1, 0.15) is 0 Å². The Balaban J connectivity index is 2.59. The van der Waals surface area contributed by atoms with Crippen LogP contribution >= 0.6 is 12.2 Å². The lowest BCUT2D eigenvalue weighted by Gasteiger charge is -2.07. The molecule has 0 aromatic heterocycles. The van der Waals surface area contributed by atoms with Crippen LogP contribution in [0, 0.1) is 0 Å². The van der Waals surface area contributed by atoms with Crippen molar-refractivity contribution in [3.63, 3.8) is 0 Å². The minimum absolute atomic E-state index is 0.647. The molecule has 0 fully saturated rings. The largest absolute Gasteiger partial charge is 0.366 e. The van der Waals surface area contributed by atoms with E-state index in [9.17, 15) is 0 Å². The van der Waals surface area contributed by atoms with E-state index in [0.29, 0.717) is 5.11 Å². The van der Waals surface area contributed by atoms with Crippen molar-refractivity contribution in [3.05, 3.63) is 29.8 Å². The Morgan fingerprint density at radius 1 is 1.29 bits per heavy atom. The maximum absolute atomic E-state index is 5.00. The molecule has 0 heterocycles. The standard InChI is InChI=1S/C11H16N2S/c1-3-4-9-5-7-10(8-6-9)13-11(14)12-2/h5-8H,3-4H2,1-2H3,(H2,12,13,14). The fourth-order valence-electron chi connectivity index (χ4n) is 1.24. The fraction of sp³-hybridized carbons (Fsp3) is 0.364. The first-order chi connectivity index (χ1) is 6.76. The van der Waals surface area contributed by atoms with Gasteiger partial charge >= 0.3 is 0 Å². The highest BCUT2D eigenvalue weighted by Crippen LogP contribution is 2.10. The number of thiocarbonyl (C=S) groups is 1. The molecule has 0 aliphatic heterocycles. The molecular weight excluding hydrogens is 192 g/mol. The van der Waals surface area contributed by atoms with E-state index in [4.69, 9.17) is 12.2 Å². The molecule has 0 atom stereocenters. The Morgan fingerprint density at radius 2 is 1.93 bits per heavy atom. The molecule has 0 aliphatic rings. The van der Waals surface area contributed by atoms with Gasteiger partial charge in [-0.15, -0.1) is 0 Å². The molecule has 0 unspecified atom stereocenters. The smallest absolute Gasteiger partial charge is 0.170 e. The fourth-order valence-corrected chi connectivity index (χ4v) is 1.35. The molecular formula is C11H16N2S. The van der Waals surface area contributed by atoms with E-state index in [1.807, 2.05) is 0 Å². The zero-order valence-corrected chi connectivity index (χ0v) is 9.45. The van der Waals surface area contributed by atoms with Crippen LogP contribution in [0.5, 0.6) is 0 Å². The molecule has 0 amide bonds. The molecule has 0 saturated carbocycles. The first-order valence-electron chi connectivity index (χ1n) is 4.84. The van der Waals surface area contributed by atoms with Crippen molar-refractivity contribution in [1.29, 1.82) is 0 Å². The summed E-state index contributed by atoms with van der Waals surface area (Å²) in [6.07, 6.45) is 2.32. The molecule has 0 radical (unpaired) electrons. The van der Waals surface area contributed by atoms with Crippen molar-refractivity contribution in [2.45, 2.75) is 19.8 Å². The van der Waals surface area contributed by atoms with E-state index in [1.165, 1.54) is 12.0 Å². The number of nitrogens with one attached hydrogen (secondary N) is 2. The summed E-state index contributed by atoms with van der Waals surface area (Å²) in [5.41, 5.74) is 2.40. The molecule has 0 bridgehead atoms. The van der Waals surface area contributed by atoms with Crippen molar-refractivity contribution in [2.75, 3.05) is 12.4 Å². The van der Waals surface area contributed by atoms with Crippen LogP contribution in [0.3, 0.4) is 0 Å². The summed E-state index contributed by atoms with van der Waals surface area (Å²) >= 11 is 5.00. The summed E-state index contributed by atoms with van der Waals surface area (Å²) in [7, 11) is 1.81. The van der Waals surface area contributed by atoms with E-state index in [1.54, 1.807) is 7.05 Å². The van der Waals surface area contributed by atoms with Crippen molar-refractivity contribution in [3.8, 4) is 0 Å². The van der Waals surface area contributed by atoms with Crippen LogP contribution in [0.15, 0.2) is 24.3 Å². The van der Waals surface area contributed by atoms with Gasteiger partial charge in [-0.05, 0) is 36.3 Å². The van der Waals surface area contributed by atoms with E-state index in [-0.39, 0.29) is 0 Å². The summed E-state index contributed by atoms with van der Waals surface area (Å²) in [6.45, 7) is 2.18. The molecule has 1 aromatic carbocycles. The summed E-state index contributed by atoms with van der Waals surface area (Å²) in [4.78, 5) is 0. The normalized spacial score (nSPS) is 9.57. The van der Waals surface area contributed by atoms with Gasteiger partial charge in [0, 0.05) is 12.7 Å². The maximum atomic E-state index is 5.00. The third-order valence-corrected chi connectivity index (χ3v) is 2.28. The van der Waals surface area contributed by atoms with Crippen LogP contribution in [-0.4, -0.2) is 12.2 Å². The topological polar surface area (TPSA) is 24.1 Å². The maximum Gasteiger partial charge on any atom is 0.170 e. The van der Waals surface area contributed by atoms with Gasteiger partial charge < -0.3 is 10.6 Å². The lowest BCUT2D eigenvalue weighted by atomic mass is 10.1. The SMILES string of the molecule is CCCc1ccc(NC(=S)NC)cc1. The summed E-state index contributed by atoms with van der Waals surface area (Å²) < 4.78 is 0. The molecule has 0 aliphatic carbocycles. The van der Waals surface area contributed by atoms with Gasteiger partial charge in [0.15, 0.2) is 5.11 Å². The van der Waals surface area contributed by atoms with Crippen LogP contribution in [0.25, 0.3) is 0 Å². The number of hydrogen-bond acceptors (Lipinski definition) is 1. The molecule has 2 nitrogen and oxygen atoms in total. The molecule has 76 valence electrons.